The Labute approximate surface area is 174 Å². The third-order valence-electron chi connectivity index (χ3n) is 5.65. The van der Waals surface area contributed by atoms with Crippen molar-refractivity contribution in [3.63, 3.8) is 0 Å². The van der Waals surface area contributed by atoms with Crippen LogP contribution in [-0.2, 0) is 14.4 Å². The highest BCUT2D eigenvalue weighted by Gasteiger charge is 2.48. The standard InChI is InChI=1S/C22H25N5O3/c1-12-8-9-15(10-13(12)2)23-20(29)16-11-17(28)25-19-18(16)21(30)27-22(26-19)24-14-6-4-3-5-7-14/h3-10,16,18-19,22,24,26H,11H2,1-2H3,(H,23,29)(H,25,28)(H,27,30). The summed E-state index contributed by atoms with van der Waals surface area (Å²) in [6, 6.07) is 15.0. The van der Waals surface area contributed by atoms with Crippen molar-refractivity contribution in [3.05, 3.63) is 59.7 Å². The molecule has 2 fully saturated rings. The number of fused-ring (bicyclic) bond motifs is 1. The molecule has 0 saturated carbocycles. The van der Waals surface area contributed by atoms with E-state index in [1.807, 2.05) is 62.4 Å². The quantitative estimate of drug-likeness (QED) is 0.527. The fourth-order valence-corrected chi connectivity index (χ4v) is 3.91. The van der Waals surface area contributed by atoms with Gasteiger partial charge in [-0.25, -0.2) is 0 Å². The lowest BCUT2D eigenvalue weighted by Gasteiger charge is -2.43. The highest BCUT2D eigenvalue weighted by molar-refractivity contribution is 6.00. The van der Waals surface area contributed by atoms with Crippen LogP contribution in [0.25, 0.3) is 0 Å². The summed E-state index contributed by atoms with van der Waals surface area (Å²) in [5.41, 5.74) is 3.65. The number of aryl methyl sites for hydroxylation is 2. The van der Waals surface area contributed by atoms with Crippen LogP contribution in [0.15, 0.2) is 48.5 Å². The zero-order valence-electron chi connectivity index (χ0n) is 16.9. The fraction of sp³-hybridized carbons (Fsp3) is 0.318. The van der Waals surface area contributed by atoms with Crippen molar-refractivity contribution in [1.29, 1.82) is 0 Å². The molecule has 8 heteroatoms. The van der Waals surface area contributed by atoms with E-state index in [0.29, 0.717) is 5.69 Å². The molecule has 2 heterocycles. The van der Waals surface area contributed by atoms with Crippen LogP contribution < -0.4 is 26.6 Å². The molecule has 4 atom stereocenters. The van der Waals surface area contributed by atoms with E-state index in [0.717, 1.165) is 16.8 Å². The fourth-order valence-electron chi connectivity index (χ4n) is 3.91. The van der Waals surface area contributed by atoms with Gasteiger partial charge < -0.3 is 21.3 Å². The third kappa shape index (κ3) is 4.13. The number of carbonyl (C=O) groups excluding carboxylic acids is 3. The van der Waals surface area contributed by atoms with Crippen LogP contribution in [0.4, 0.5) is 11.4 Å². The number of hydrogen-bond donors (Lipinski definition) is 5. The van der Waals surface area contributed by atoms with Gasteiger partial charge in [0.2, 0.25) is 17.7 Å². The second-order valence-electron chi connectivity index (χ2n) is 7.79. The number of para-hydroxylation sites is 1. The molecule has 2 aliphatic heterocycles. The van der Waals surface area contributed by atoms with E-state index in [2.05, 4.69) is 26.6 Å². The Morgan fingerprint density at radius 1 is 0.967 bits per heavy atom. The Hall–Kier alpha value is -3.39. The van der Waals surface area contributed by atoms with Crippen LogP contribution in [0.1, 0.15) is 17.5 Å². The van der Waals surface area contributed by atoms with Gasteiger partial charge in [-0.1, -0.05) is 24.3 Å². The van der Waals surface area contributed by atoms with Crippen LogP contribution in [0.5, 0.6) is 0 Å². The molecule has 0 spiro atoms. The molecular formula is C22H25N5O3. The molecule has 30 heavy (non-hydrogen) atoms. The van der Waals surface area contributed by atoms with Crippen molar-refractivity contribution in [3.8, 4) is 0 Å². The monoisotopic (exact) mass is 407 g/mol. The molecule has 0 aliphatic carbocycles. The lowest BCUT2D eigenvalue weighted by molar-refractivity contribution is -0.144. The van der Waals surface area contributed by atoms with E-state index >= 15 is 0 Å². The first kappa shape index (κ1) is 19.9. The smallest absolute Gasteiger partial charge is 0.229 e. The highest BCUT2D eigenvalue weighted by Crippen LogP contribution is 2.28. The van der Waals surface area contributed by atoms with Crippen molar-refractivity contribution in [2.45, 2.75) is 32.7 Å². The van der Waals surface area contributed by atoms with E-state index in [1.54, 1.807) is 0 Å². The molecule has 0 radical (unpaired) electrons. The maximum Gasteiger partial charge on any atom is 0.229 e. The molecule has 0 bridgehead atoms. The molecule has 4 unspecified atom stereocenters. The van der Waals surface area contributed by atoms with Gasteiger partial charge in [0.25, 0.3) is 0 Å². The van der Waals surface area contributed by atoms with Gasteiger partial charge in [-0.2, -0.15) is 0 Å². The zero-order chi connectivity index (χ0) is 21.3. The molecule has 2 saturated heterocycles. The first-order chi connectivity index (χ1) is 14.4. The van der Waals surface area contributed by atoms with Crippen molar-refractivity contribution >= 4 is 29.1 Å². The molecule has 5 N–H and O–H groups in total. The van der Waals surface area contributed by atoms with E-state index in [9.17, 15) is 14.4 Å². The van der Waals surface area contributed by atoms with Gasteiger partial charge >= 0.3 is 0 Å². The van der Waals surface area contributed by atoms with Crippen molar-refractivity contribution in [2.24, 2.45) is 11.8 Å². The van der Waals surface area contributed by atoms with Crippen LogP contribution in [0, 0.1) is 25.7 Å². The van der Waals surface area contributed by atoms with Crippen LogP contribution in [-0.4, -0.2) is 30.2 Å². The summed E-state index contributed by atoms with van der Waals surface area (Å²) in [5.74, 6) is -2.36. The molecule has 2 aromatic rings. The topological polar surface area (TPSA) is 111 Å². The van der Waals surface area contributed by atoms with Gasteiger partial charge in [0.15, 0.2) is 6.29 Å². The number of hydrogen-bond acceptors (Lipinski definition) is 5. The maximum atomic E-state index is 13.0. The summed E-state index contributed by atoms with van der Waals surface area (Å²) >= 11 is 0. The average molecular weight is 407 g/mol. The molecule has 2 aliphatic rings. The number of anilines is 2. The average Bonchev–Trinajstić information content (AvgIpc) is 2.70. The predicted molar refractivity (Wildman–Crippen MR) is 113 cm³/mol. The number of benzene rings is 2. The Morgan fingerprint density at radius 2 is 1.73 bits per heavy atom. The number of nitrogens with one attached hydrogen (secondary N) is 5. The van der Waals surface area contributed by atoms with Gasteiger partial charge in [-0.15, -0.1) is 0 Å². The molecular weight excluding hydrogens is 382 g/mol. The molecule has 8 nitrogen and oxygen atoms in total. The Kier molecular flexibility index (Phi) is 5.41. The van der Waals surface area contributed by atoms with Gasteiger partial charge in [0.05, 0.1) is 18.0 Å². The van der Waals surface area contributed by atoms with E-state index in [1.165, 1.54) is 0 Å². The van der Waals surface area contributed by atoms with E-state index in [4.69, 9.17) is 0 Å². The van der Waals surface area contributed by atoms with Crippen LogP contribution in [0.3, 0.4) is 0 Å². The first-order valence-corrected chi connectivity index (χ1v) is 9.96. The molecule has 3 amide bonds. The summed E-state index contributed by atoms with van der Waals surface area (Å²) in [6.07, 6.45) is -1.25. The van der Waals surface area contributed by atoms with E-state index in [-0.39, 0.29) is 24.1 Å². The molecule has 156 valence electrons. The van der Waals surface area contributed by atoms with Crippen LogP contribution in [0.2, 0.25) is 0 Å². The molecule has 2 aromatic carbocycles. The van der Waals surface area contributed by atoms with Crippen molar-refractivity contribution in [1.82, 2.24) is 16.0 Å². The van der Waals surface area contributed by atoms with Gasteiger partial charge in [0.1, 0.15) is 0 Å². The minimum absolute atomic E-state index is 0.0380. The second-order valence-corrected chi connectivity index (χ2v) is 7.79. The summed E-state index contributed by atoms with van der Waals surface area (Å²) in [6.45, 7) is 3.96. The maximum absolute atomic E-state index is 13.0. The summed E-state index contributed by atoms with van der Waals surface area (Å²) in [7, 11) is 0. The first-order valence-electron chi connectivity index (χ1n) is 9.96. The predicted octanol–water partition coefficient (Wildman–Crippen LogP) is 1.44. The Bertz CT molecular complexity index is 978. The number of carbonyl (C=O) groups is 3. The summed E-state index contributed by atoms with van der Waals surface area (Å²) < 4.78 is 0. The Morgan fingerprint density at radius 3 is 2.47 bits per heavy atom. The van der Waals surface area contributed by atoms with Gasteiger partial charge in [-0.3, -0.25) is 19.7 Å². The lowest BCUT2D eigenvalue weighted by Crippen LogP contribution is -2.72. The van der Waals surface area contributed by atoms with Crippen LogP contribution >= 0.6 is 0 Å². The lowest BCUT2D eigenvalue weighted by atomic mass is 9.81. The van der Waals surface area contributed by atoms with Crippen molar-refractivity contribution < 1.29 is 14.4 Å². The molecule has 4 rings (SSSR count). The van der Waals surface area contributed by atoms with Crippen molar-refractivity contribution in [2.75, 3.05) is 10.6 Å². The number of rotatable bonds is 4. The third-order valence-corrected chi connectivity index (χ3v) is 5.65. The van der Waals surface area contributed by atoms with E-state index < -0.39 is 24.3 Å². The summed E-state index contributed by atoms with van der Waals surface area (Å²) in [4.78, 5) is 38.1. The second kappa shape index (κ2) is 8.16. The zero-order valence-corrected chi connectivity index (χ0v) is 16.9. The summed E-state index contributed by atoms with van der Waals surface area (Å²) in [5, 5.41) is 14.8. The van der Waals surface area contributed by atoms with Gasteiger partial charge in [-0.05, 0) is 49.2 Å². The SMILES string of the molecule is Cc1ccc(NC(=O)C2CC(=O)NC3NC(Nc4ccccc4)NC(=O)C32)cc1C. The minimum atomic E-state index is -0.768. The largest absolute Gasteiger partial charge is 0.353 e. The Balaban J connectivity index is 1.48. The highest BCUT2D eigenvalue weighted by atomic mass is 16.2. The minimum Gasteiger partial charge on any atom is -0.353 e. The van der Waals surface area contributed by atoms with Gasteiger partial charge in [0, 0.05) is 17.8 Å². The number of piperidine rings is 1. The number of amides is 3. The normalized spacial score (nSPS) is 25.5. The molecule has 0 aromatic heterocycles.